The molecular formula is C15H10BrFN2O. The van der Waals surface area contributed by atoms with Gasteiger partial charge in [0, 0.05) is 27.3 Å². The monoisotopic (exact) mass is 332 g/mol. The van der Waals surface area contributed by atoms with Crippen LogP contribution in [0.25, 0.3) is 10.9 Å². The molecular weight excluding hydrogens is 323 g/mol. The molecule has 5 heteroatoms. The third-order valence-electron chi connectivity index (χ3n) is 2.99. The summed E-state index contributed by atoms with van der Waals surface area (Å²) in [5.74, 6) is -0.640. The Hall–Kier alpha value is -2.14. The van der Waals surface area contributed by atoms with Gasteiger partial charge < -0.3 is 10.3 Å². The zero-order valence-electron chi connectivity index (χ0n) is 10.3. The molecule has 0 unspecified atom stereocenters. The minimum atomic E-state index is -0.366. The van der Waals surface area contributed by atoms with E-state index >= 15 is 0 Å². The van der Waals surface area contributed by atoms with Crippen molar-refractivity contribution in [2.75, 3.05) is 5.32 Å². The molecule has 2 aromatic carbocycles. The van der Waals surface area contributed by atoms with Crippen LogP contribution in [0.3, 0.4) is 0 Å². The van der Waals surface area contributed by atoms with Crippen LogP contribution in [0.2, 0.25) is 0 Å². The van der Waals surface area contributed by atoms with Crippen molar-refractivity contribution in [1.29, 1.82) is 0 Å². The van der Waals surface area contributed by atoms with Crippen LogP contribution in [-0.4, -0.2) is 10.9 Å². The number of aromatic nitrogens is 1. The largest absolute Gasteiger partial charge is 0.360 e. The average Bonchev–Trinajstić information content (AvgIpc) is 2.84. The minimum Gasteiger partial charge on any atom is -0.360 e. The first-order valence-electron chi connectivity index (χ1n) is 5.97. The highest BCUT2D eigenvalue weighted by atomic mass is 79.9. The number of fused-ring (bicyclic) bond motifs is 1. The maximum Gasteiger partial charge on any atom is 0.257 e. The standard InChI is InChI=1S/C15H10BrFN2O/c16-9-1-4-11(5-2-9)19-15(20)13-8-18-14-6-3-10(17)7-12(13)14/h1-8,18H,(H,19,20). The van der Waals surface area contributed by atoms with Crippen molar-refractivity contribution in [2.24, 2.45) is 0 Å². The maximum absolute atomic E-state index is 13.3. The number of H-pyrrole nitrogens is 1. The highest BCUT2D eigenvalue weighted by Gasteiger charge is 2.12. The van der Waals surface area contributed by atoms with E-state index in [2.05, 4.69) is 26.2 Å². The van der Waals surface area contributed by atoms with Crippen molar-refractivity contribution in [1.82, 2.24) is 4.98 Å². The summed E-state index contributed by atoms with van der Waals surface area (Å²) in [5, 5.41) is 3.35. The molecule has 3 rings (SSSR count). The molecule has 20 heavy (non-hydrogen) atoms. The fraction of sp³-hybridized carbons (Fsp3) is 0. The van der Waals surface area contributed by atoms with Crippen LogP contribution < -0.4 is 5.32 Å². The van der Waals surface area contributed by atoms with Gasteiger partial charge in [-0.3, -0.25) is 4.79 Å². The van der Waals surface area contributed by atoms with Crippen LogP contribution in [0.4, 0.5) is 10.1 Å². The predicted octanol–water partition coefficient (Wildman–Crippen LogP) is 4.32. The third kappa shape index (κ3) is 2.44. The lowest BCUT2D eigenvalue weighted by molar-refractivity contribution is 0.102. The van der Waals surface area contributed by atoms with Gasteiger partial charge >= 0.3 is 0 Å². The number of rotatable bonds is 2. The normalized spacial score (nSPS) is 10.7. The Bertz CT molecular complexity index is 780. The number of carbonyl (C=O) groups is 1. The molecule has 0 saturated heterocycles. The molecule has 1 amide bonds. The second-order valence-corrected chi connectivity index (χ2v) is 5.27. The third-order valence-corrected chi connectivity index (χ3v) is 3.52. The van der Waals surface area contributed by atoms with E-state index in [0.717, 1.165) is 9.99 Å². The summed E-state index contributed by atoms with van der Waals surface area (Å²) in [6.45, 7) is 0. The molecule has 3 nitrogen and oxygen atoms in total. The Morgan fingerprint density at radius 2 is 1.90 bits per heavy atom. The van der Waals surface area contributed by atoms with Gasteiger partial charge in [-0.2, -0.15) is 0 Å². The topological polar surface area (TPSA) is 44.9 Å². The summed E-state index contributed by atoms with van der Waals surface area (Å²) in [4.78, 5) is 15.2. The molecule has 3 aromatic rings. The quantitative estimate of drug-likeness (QED) is 0.721. The van der Waals surface area contributed by atoms with E-state index in [1.165, 1.54) is 12.1 Å². The molecule has 100 valence electrons. The summed E-state index contributed by atoms with van der Waals surface area (Å²) >= 11 is 3.33. The van der Waals surface area contributed by atoms with Crippen molar-refractivity contribution in [3.05, 3.63) is 64.5 Å². The van der Waals surface area contributed by atoms with E-state index in [9.17, 15) is 9.18 Å². The minimum absolute atomic E-state index is 0.274. The molecule has 0 aliphatic carbocycles. The Kier molecular flexibility index (Phi) is 3.28. The summed E-state index contributed by atoms with van der Waals surface area (Å²) in [5.41, 5.74) is 1.83. The lowest BCUT2D eigenvalue weighted by Crippen LogP contribution is -2.11. The number of benzene rings is 2. The Balaban J connectivity index is 1.92. The number of hydrogen-bond donors (Lipinski definition) is 2. The van der Waals surface area contributed by atoms with Gasteiger partial charge in [-0.05, 0) is 42.5 Å². The first kappa shape index (κ1) is 12.9. The molecule has 0 fully saturated rings. The molecule has 2 N–H and O–H groups in total. The Morgan fingerprint density at radius 3 is 2.65 bits per heavy atom. The SMILES string of the molecule is O=C(Nc1ccc(Br)cc1)c1c[nH]c2ccc(F)cc12. The number of halogens is 2. The molecule has 0 bridgehead atoms. The molecule has 1 heterocycles. The number of aromatic amines is 1. The summed E-state index contributed by atoms with van der Waals surface area (Å²) < 4.78 is 14.2. The number of anilines is 1. The fourth-order valence-electron chi connectivity index (χ4n) is 2.01. The van der Waals surface area contributed by atoms with Gasteiger partial charge in [0.25, 0.3) is 5.91 Å². The number of hydrogen-bond acceptors (Lipinski definition) is 1. The van der Waals surface area contributed by atoms with Gasteiger partial charge in [0.15, 0.2) is 0 Å². The second-order valence-electron chi connectivity index (χ2n) is 4.35. The molecule has 0 aliphatic heterocycles. The predicted molar refractivity (Wildman–Crippen MR) is 80.4 cm³/mol. The van der Waals surface area contributed by atoms with Crippen LogP contribution in [0.15, 0.2) is 53.1 Å². The Morgan fingerprint density at radius 1 is 1.15 bits per heavy atom. The molecule has 1 aromatic heterocycles. The van der Waals surface area contributed by atoms with E-state index in [0.29, 0.717) is 16.6 Å². The molecule has 0 atom stereocenters. The molecule has 0 saturated carbocycles. The lowest BCUT2D eigenvalue weighted by atomic mass is 10.1. The van der Waals surface area contributed by atoms with Crippen molar-refractivity contribution in [2.45, 2.75) is 0 Å². The Labute approximate surface area is 122 Å². The van der Waals surface area contributed by atoms with Crippen molar-refractivity contribution >= 4 is 38.4 Å². The second kappa shape index (κ2) is 5.09. The van der Waals surface area contributed by atoms with E-state index in [4.69, 9.17) is 0 Å². The first-order chi connectivity index (χ1) is 9.63. The summed E-state index contributed by atoms with van der Waals surface area (Å²) in [6.07, 6.45) is 1.58. The van der Waals surface area contributed by atoms with Crippen LogP contribution in [0, 0.1) is 5.82 Å². The van der Waals surface area contributed by atoms with Gasteiger partial charge in [0.2, 0.25) is 0 Å². The highest BCUT2D eigenvalue weighted by molar-refractivity contribution is 9.10. The lowest BCUT2D eigenvalue weighted by Gasteiger charge is -2.04. The van der Waals surface area contributed by atoms with E-state index in [-0.39, 0.29) is 11.7 Å². The number of nitrogens with one attached hydrogen (secondary N) is 2. The van der Waals surface area contributed by atoms with Crippen LogP contribution >= 0.6 is 15.9 Å². The summed E-state index contributed by atoms with van der Waals surface area (Å²) in [6, 6.07) is 11.6. The van der Waals surface area contributed by atoms with Gasteiger partial charge in [0.05, 0.1) is 5.56 Å². The summed E-state index contributed by atoms with van der Waals surface area (Å²) in [7, 11) is 0. The van der Waals surface area contributed by atoms with E-state index in [1.54, 1.807) is 24.4 Å². The molecule has 0 spiro atoms. The van der Waals surface area contributed by atoms with Gasteiger partial charge in [-0.15, -0.1) is 0 Å². The highest BCUT2D eigenvalue weighted by Crippen LogP contribution is 2.21. The zero-order chi connectivity index (χ0) is 14.1. The fourth-order valence-corrected chi connectivity index (χ4v) is 2.28. The van der Waals surface area contributed by atoms with Gasteiger partial charge in [0.1, 0.15) is 5.82 Å². The zero-order valence-corrected chi connectivity index (χ0v) is 11.9. The number of amides is 1. The van der Waals surface area contributed by atoms with Crippen molar-refractivity contribution in [3.63, 3.8) is 0 Å². The van der Waals surface area contributed by atoms with E-state index in [1.807, 2.05) is 12.1 Å². The average molecular weight is 333 g/mol. The first-order valence-corrected chi connectivity index (χ1v) is 6.76. The van der Waals surface area contributed by atoms with Crippen LogP contribution in [-0.2, 0) is 0 Å². The smallest absolute Gasteiger partial charge is 0.257 e. The van der Waals surface area contributed by atoms with Crippen molar-refractivity contribution in [3.8, 4) is 0 Å². The van der Waals surface area contributed by atoms with Gasteiger partial charge in [-0.1, -0.05) is 15.9 Å². The molecule has 0 aliphatic rings. The van der Waals surface area contributed by atoms with E-state index < -0.39 is 0 Å². The van der Waals surface area contributed by atoms with Crippen LogP contribution in [0.5, 0.6) is 0 Å². The van der Waals surface area contributed by atoms with Gasteiger partial charge in [-0.25, -0.2) is 4.39 Å². The number of carbonyl (C=O) groups excluding carboxylic acids is 1. The van der Waals surface area contributed by atoms with Crippen molar-refractivity contribution < 1.29 is 9.18 Å². The van der Waals surface area contributed by atoms with Crippen LogP contribution in [0.1, 0.15) is 10.4 Å². The maximum atomic E-state index is 13.3. The molecule has 0 radical (unpaired) electrons.